The highest BCUT2D eigenvalue weighted by molar-refractivity contribution is 5.81. The number of halogens is 1. The lowest BCUT2D eigenvalue weighted by atomic mass is 10.0. The topological polar surface area (TPSA) is 81.5 Å². The zero-order chi connectivity index (χ0) is 20.7. The monoisotopic (exact) mass is 404 g/mol. The van der Waals surface area contributed by atoms with Crippen LogP contribution in [0.2, 0.25) is 0 Å². The third kappa shape index (κ3) is 3.45. The standard InChI is InChI=1S/C22H21FN6O/c1-13-20(27-28-26-13)15-7-8-24-18(9-15)21-22(29(2)12-25-21)17-6-5-16(23)10-19(17)30-11-14-3-4-14/h5-10,12,14H,3-4,11H2,1-2H3,(H,26,27,28). The Kier molecular flexibility index (Phi) is 4.54. The SMILES string of the molecule is Cc1[nH]nnc1-c1ccnc(-c2ncn(C)c2-c2ccc(F)cc2OCC2CC2)c1. The number of aromatic amines is 1. The molecule has 0 spiro atoms. The van der Waals surface area contributed by atoms with Crippen LogP contribution < -0.4 is 4.74 Å². The van der Waals surface area contributed by atoms with Gasteiger partial charge in [-0.2, -0.15) is 0 Å². The van der Waals surface area contributed by atoms with Gasteiger partial charge in [0.2, 0.25) is 0 Å². The first-order chi connectivity index (χ1) is 14.6. The normalized spacial score (nSPS) is 13.6. The average molecular weight is 404 g/mol. The lowest BCUT2D eigenvalue weighted by Gasteiger charge is -2.13. The summed E-state index contributed by atoms with van der Waals surface area (Å²) in [4.78, 5) is 9.12. The van der Waals surface area contributed by atoms with Crippen LogP contribution in [0.25, 0.3) is 33.9 Å². The van der Waals surface area contributed by atoms with Gasteiger partial charge in [0.1, 0.15) is 23.0 Å². The average Bonchev–Trinajstić information content (AvgIpc) is 3.36. The van der Waals surface area contributed by atoms with Crippen LogP contribution in [-0.4, -0.2) is 36.6 Å². The second kappa shape index (κ2) is 7.37. The van der Waals surface area contributed by atoms with Gasteiger partial charge in [0.05, 0.1) is 30.0 Å². The van der Waals surface area contributed by atoms with E-state index in [4.69, 9.17) is 4.74 Å². The number of rotatable bonds is 6. The Balaban J connectivity index is 1.59. The van der Waals surface area contributed by atoms with Crippen LogP contribution in [0.5, 0.6) is 5.75 Å². The van der Waals surface area contributed by atoms with Gasteiger partial charge in [0.15, 0.2) is 0 Å². The first-order valence-corrected chi connectivity index (χ1v) is 9.88. The van der Waals surface area contributed by atoms with Gasteiger partial charge in [0, 0.05) is 30.4 Å². The Labute approximate surface area is 173 Å². The van der Waals surface area contributed by atoms with Crippen molar-refractivity contribution >= 4 is 0 Å². The summed E-state index contributed by atoms with van der Waals surface area (Å²) in [5.74, 6) is 0.765. The third-order valence-electron chi connectivity index (χ3n) is 5.31. The maximum Gasteiger partial charge on any atom is 0.131 e. The molecule has 1 aliphatic rings. The first-order valence-electron chi connectivity index (χ1n) is 9.88. The van der Waals surface area contributed by atoms with E-state index in [1.54, 1.807) is 18.6 Å². The maximum atomic E-state index is 14.0. The predicted octanol–water partition coefficient (Wildman–Crippen LogP) is 4.17. The van der Waals surface area contributed by atoms with E-state index in [1.165, 1.54) is 25.0 Å². The molecular formula is C22H21FN6O. The lowest BCUT2D eigenvalue weighted by molar-refractivity contribution is 0.299. The molecule has 30 heavy (non-hydrogen) atoms. The summed E-state index contributed by atoms with van der Waals surface area (Å²) < 4.78 is 21.9. The molecule has 5 rings (SSSR count). The highest BCUT2D eigenvalue weighted by atomic mass is 19.1. The van der Waals surface area contributed by atoms with E-state index in [9.17, 15) is 4.39 Å². The quantitative estimate of drug-likeness (QED) is 0.522. The third-order valence-corrected chi connectivity index (χ3v) is 5.31. The number of nitrogens with one attached hydrogen (secondary N) is 1. The van der Waals surface area contributed by atoms with Crippen molar-refractivity contribution in [3.8, 4) is 39.7 Å². The van der Waals surface area contributed by atoms with Crippen LogP contribution in [0, 0.1) is 18.7 Å². The number of nitrogens with zero attached hydrogens (tertiary/aromatic N) is 5. The minimum Gasteiger partial charge on any atom is -0.492 e. The summed E-state index contributed by atoms with van der Waals surface area (Å²) in [6.45, 7) is 2.52. The van der Waals surface area contributed by atoms with Gasteiger partial charge in [-0.3, -0.25) is 10.1 Å². The van der Waals surface area contributed by atoms with Crippen molar-refractivity contribution in [1.29, 1.82) is 0 Å². The zero-order valence-electron chi connectivity index (χ0n) is 16.8. The molecule has 152 valence electrons. The van der Waals surface area contributed by atoms with Crippen LogP contribution in [-0.2, 0) is 7.05 Å². The van der Waals surface area contributed by atoms with Gasteiger partial charge in [-0.15, -0.1) is 5.10 Å². The van der Waals surface area contributed by atoms with E-state index in [1.807, 2.05) is 30.7 Å². The molecule has 1 aliphatic carbocycles. The molecule has 7 nitrogen and oxygen atoms in total. The number of aromatic nitrogens is 6. The van der Waals surface area contributed by atoms with Gasteiger partial charge >= 0.3 is 0 Å². The Morgan fingerprint density at radius 3 is 2.80 bits per heavy atom. The largest absolute Gasteiger partial charge is 0.492 e. The summed E-state index contributed by atoms with van der Waals surface area (Å²) in [6, 6.07) is 8.45. The van der Waals surface area contributed by atoms with E-state index in [0.717, 1.165) is 28.2 Å². The van der Waals surface area contributed by atoms with Gasteiger partial charge in [0.25, 0.3) is 0 Å². The van der Waals surface area contributed by atoms with E-state index in [2.05, 4.69) is 25.4 Å². The van der Waals surface area contributed by atoms with Crippen LogP contribution in [0.15, 0.2) is 42.9 Å². The molecule has 0 unspecified atom stereocenters. The van der Waals surface area contributed by atoms with Crippen molar-refractivity contribution in [2.75, 3.05) is 6.61 Å². The summed E-state index contributed by atoms with van der Waals surface area (Å²) in [5, 5.41) is 10.9. The Bertz CT molecular complexity index is 1210. The molecule has 0 radical (unpaired) electrons. The number of H-pyrrole nitrogens is 1. The Morgan fingerprint density at radius 1 is 1.17 bits per heavy atom. The number of hydrogen-bond acceptors (Lipinski definition) is 5. The fourth-order valence-corrected chi connectivity index (χ4v) is 3.50. The zero-order valence-corrected chi connectivity index (χ0v) is 16.8. The number of imidazole rings is 1. The molecule has 1 fully saturated rings. The molecule has 1 aromatic carbocycles. The molecule has 0 amide bonds. The van der Waals surface area contributed by atoms with Crippen molar-refractivity contribution in [2.24, 2.45) is 13.0 Å². The van der Waals surface area contributed by atoms with Gasteiger partial charge in [-0.1, -0.05) is 5.21 Å². The Morgan fingerprint density at radius 2 is 2.03 bits per heavy atom. The van der Waals surface area contributed by atoms with Crippen molar-refractivity contribution in [2.45, 2.75) is 19.8 Å². The molecule has 3 aromatic heterocycles. The van der Waals surface area contributed by atoms with E-state index >= 15 is 0 Å². The summed E-state index contributed by atoms with van der Waals surface area (Å²) in [5.41, 5.74) is 5.55. The first kappa shape index (κ1) is 18.5. The van der Waals surface area contributed by atoms with Gasteiger partial charge < -0.3 is 9.30 Å². The molecule has 8 heteroatoms. The van der Waals surface area contributed by atoms with Crippen LogP contribution in [0.3, 0.4) is 0 Å². The minimum absolute atomic E-state index is 0.324. The molecule has 0 aliphatic heterocycles. The summed E-state index contributed by atoms with van der Waals surface area (Å²) in [6.07, 6.45) is 5.79. The minimum atomic E-state index is -0.324. The van der Waals surface area contributed by atoms with Crippen LogP contribution in [0.4, 0.5) is 4.39 Å². The second-order valence-electron chi connectivity index (χ2n) is 7.66. The fourth-order valence-electron chi connectivity index (χ4n) is 3.50. The van der Waals surface area contributed by atoms with Gasteiger partial charge in [-0.25, -0.2) is 9.37 Å². The molecule has 4 aromatic rings. The number of pyridine rings is 1. The van der Waals surface area contributed by atoms with Crippen molar-refractivity contribution in [1.82, 2.24) is 29.9 Å². The number of ether oxygens (including phenoxy) is 1. The molecule has 3 heterocycles. The highest BCUT2D eigenvalue weighted by Crippen LogP contribution is 2.38. The van der Waals surface area contributed by atoms with Crippen LogP contribution >= 0.6 is 0 Å². The predicted molar refractivity (Wildman–Crippen MR) is 110 cm³/mol. The van der Waals surface area contributed by atoms with E-state index < -0.39 is 0 Å². The smallest absolute Gasteiger partial charge is 0.131 e. The fraction of sp³-hybridized carbons (Fsp3) is 0.273. The molecule has 1 saturated carbocycles. The summed E-state index contributed by atoms with van der Waals surface area (Å²) >= 11 is 0. The molecule has 1 N–H and O–H groups in total. The maximum absolute atomic E-state index is 14.0. The second-order valence-corrected chi connectivity index (χ2v) is 7.66. The molecular weight excluding hydrogens is 383 g/mol. The van der Waals surface area contributed by atoms with Crippen molar-refractivity contribution in [3.05, 3.63) is 54.4 Å². The Hall–Kier alpha value is -3.55. The van der Waals surface area contributed by atoms with E-state index in [0.29, 0.717) is 29.7 Å². The lowest BCUT2D eigenvalue weighted by Crippen LogP contribution is -2.02. The van der Waals surface area contributed by atoms with Gasteiger partial charge in [-0.05, 0) is 49.9 Å². The molecule has 0 atom stereocenters. The number of aryl methyl sites for hydroxylation is 2. The van der Waals surface area contributed by atoms with E-state index in [-0.39, 0.29) is 5.82 Å². The highest BCUT2D eigenvalue weighted by Gasteiger charge is 2.24. The molecule has 0 saturated heterocycles. The number of hydrogen-bond donors (Lipinski definition) is 1. The van der Waals surface area contributed by atoms with Crippen molar-refractivity contribution in [3.63, 3.8) is 0 Å². The van der Waals surface area contributed by atoms with Crippen molar-refractivity contribution < 1.29 is 9.13 Å². The van der Waals surface area contributed by atoms with Crippen LogP contribution in [0.1, 0.15) is 18.5 Å². The molecule has 0 bridgehead atoms. The number of benzene rings is 1. The summed E-state index contributed by atoms with van der Waals surface area (Å²) in [7, 11) is 1.91.